The molecule has 2 rings (SSSR count). The number of likely N-dealkylation sites (N-methyl/N-ethyl adjacent to an activating group) is 1. The number of ether oxygens (including phenoxy) is 1. The van der Waals surface area contributed by atoms with Crippen LogP contribution in [0, 0.1) is 5.92 Å². The Morgan fingerprint density at radius 1 is 1.30 bits per heavy atom. The number of hydrogen-bond acceptors (Lipinski definition) is 3. The fraction of sp³-hybridized carbons (Fsp3) is 0.562. The average molecular weight is 277 g/mol. The Kier molecular flexibility index (Phi) is 5.15. The quantitative estimate of drug-likeness (QED) is 0.866. The number of benzene rings is 1. The lowest BCUT2D eigenvalue weighted by molar-refractivity contribution is -0.143. The Balaban J connectivity index is 2.14. The molecule has 1 aliphatic rings. The van der Waals surface area contributed by atoms with Crippen molar-refractivity contribution in [2.45, 2.75) is 32.9 Å². The zero-order valence-corrected chi connectivity index (χ0v) is 12.2. The van der Waals surface area contributed by atoms with E-state index < -0.39 is 11.9 Å². The number of aryl methyl sites for hydroxylation is 1. The molecule has 0 spiro atoms. The highest BCUT2D eigenvalue weighted by Crippen LogP contribution is 2.23. The molecule has 1 fully saturated rings. The minimum Gasteiger partial charge on any atom is -0.481 e. The van der Waals surface area contributed by atoms with E-state index in [2.05, 4.69) is 36.9 Å². The molecule has 1 aromatic rings. The Morgan fingerprint density at radius 2 is 2.00 bits per heavy atom. The molecule has 0 bridgehead atoms. The second-order valence-corrected chi connectivity index (χ2v) is 5.23. The molecule has 0 amide bonds. The van der Waals surface area contributed by atoms with Crippen LogP contribution < -0.4 is 0 Å². The lowest BCUT2D eigenvalue weighted by Crippen LogP contribution is -2.42. The van der Waals surface area contributed by atoms with E-state index in [1.54, 1.807) is 0 Å². The molecule has 0 aliphatic carbocycles. The lowest BCUT2D eigenvalue weighted by atomic mass is 10.00. The molecule has 110 valence electrons. The zero-order chi connectivity index (χ0) is 14.5. The first kappa shape index (κ1) is 15.0. The summed E-state index contributed by atoms with van der Waals surface area (Å²) in [6.45, 7) is 6.68. The fourth-order valence-corrected chi connectivity index (χ4v) is 2.88. The number of rotatable bonds is 6. The number of carboxylic acids is 1. The fourth-order valence-electron chi connectivity index (χ4n) is 2.88. The van der Waals surface area contributed by atoms with Gasteiger partial charge in [-0.25, -0.2) is 0 Å². The first-order valence-corrected chi connectivity index (χ1v) is 7.28. The summed E-state index contributed by atoms with van der Waals surface area (Å²) < 4.78 is 5.39. The third-order valence-electron chi connectivity index (χ3n) is 4.12. The summed E-state index contributed by atoms with van der Waals surface area (Å²) in [5.74, 6) is -1.17. The second-order valence-electron chi connectivity index (χ2n) is 5.23. The van der Waals surface area contributed by atoms with Crippen molar-refractivity contribution < 1.29 is 14.6 Å². The molecule has 1 aromatic carbocycles. The maximum atomic E-state index is 11.3. The first-order chi connectivity index (χ1) is 9.67. The molecule has 1 heterocycles. The molecule has 20 heavy (non-hydrogen) atoms. The number of aliphatic carboxylic acids is 1. The Labute approximate surface area is 120 Å². The normalized spacial score (nSPS) is 22.4. The van der Waals surface area contributed by atoms with Crippen molar-refractivity contribution in [1.82, 2.24) is 4.90 Å². The average Bonchev–Trinajstić information content (AvgIpc) is 2.94. The maximum absolute atomic E-state index is 11.3. The largest absolute Gasteiger partial charge is 0.481 e. The van der Waals surface area contributed by atoms with Crippen LogP contribution in [-0.4, -0.2) is 41.8 Å². The van der Waals surface area contributed by atoms with Crippen LogP contribution in [0.2, 0.25) is 0 Å². The van der Waals surface area contributed by atoms with E-state index in [1.807, 2.05) is 6.07 Å². The molecule has 1 N–H and O–H groups in total. The standard InChI is InChI=1S/C16H23NO3/c1-3-12-7-5-6-8-13(12)9-17(4-2)15-11-20-10-14(15)16(18)19/h5-8,14-15H,3-4,9-11H2,1-2H3,(H,18,19). The minimum atomic E-state index is -0.755. The van der Waals surface area contributed by atoms with Gasteiger partial charge in [0.05, 0.1) is 19.1 Å². The predicted molar refractivity (Wildman–Crippen MR) is 77.6 cm³/mol. The van der Waals surface area contributed by atoms with Crippen molar-refractivity contribution in [2.75, 3.05) is 19.8 Å². The molecule has 1 aliphatic heterocycles. The van der Waals surface area contributed by atoms with Crippen LogP contribution in [0.3, 0.4) is 0 Å². The van der Waals surface area contributed by atoms with E-state index in [9.17, 15) is 9.90 Å². The Hall–Kier alpha value is -1.39. The van der Waals surface area contributed by atoms with E-state index >= 15 is 0 Å². The summed E-state index contributed by atoms with van der Waals surface area (Å²) in [4.78, 5) is 13.5. The van der Waals surface area contributed by atoms with Crippen LogP contribution in [0.5, 0.6) is 0 Å². The summed E-state index contributed by atoms with van der Waals surface area (Å²) in [5.41, 5.74) is 2.62. The molecule has 4 heteroatoms. The first-order valence-electron chi connectivity index (χ1n) is 7.28. The summed E-state index contributed by atoms with van der Waals surface area (Å²) in [6, 6.07) is 8.35. The second kappa shape index (κ2) is 6.86. The van der Waals surface area contributed by atoms with Crippen LogP contribution >= 0.6 is 0 Å². The molecular weight excluding hydrogens is 254 g/mol. The van der Waals surface area contributed by atoms with E-state index in [0.29, 0.717) is 13.2 Å². The minimum absolute atomic E-state index is 0.0255. The lowest BCUT2D eigenvalue weighted by Gasteiger charge is -2.29. The molecule has 0 saturated carbocycles. The third kappa shape index (κ3) is 3.19. The monoisotopic (exact) mass is 277 g/mol. The van der Waals surface area contributed by atoms with Crippen molar-refractivity contribution in [3.63, 3.8) is 0 Å². The number of nitrogens with zero attached hydrogens (tertiary/aromatic N) is 1. The maximum Gasteiger partial charge on any atom is 0.310 e. The topological polar surface area (TPSA) is 49.8 Å². The predicted octanol–water partition coefficient (Wildman–Crippen LogP) is 2.17. The molecule has 1 saturated heterocycles. The molecule has 4 nitrogen and oxygen atoms in total. The SMILES string of the molecule is CCc1ccccc1CN(CC)C1COCC1C(=O)O. The number of hydrogen-bond donors (Lipinski definition) is 1. The van der Waals surface area contributed by atoms with Crippen molar-refractivity contribution >= 4 is 5.97 Å². The Morgan fingerprint density at radius 3 is 2.60 bits per heavy atom. The van der Waals surface area contributed by atoms with Gasteiger partial charge < -0.3 is 9.84 Å². The zero-order valence-electron chi connectivity index (χ0n) is 12.2. The van der Waals surface area contributed by atoms with Crippen molar-refractivity contribution in [2.24, 2.45) is 5.92 Å². The molecule has 0 aromatic heterocycles. The number of carbonyl (C=O) groups is 1. The summed E-state index contributed by atoms with van der Waals surface area (Å²) >= 11 is 0. The van der Waals surface area contributed by atoms with Gasteiger partial charge in [0, 0.05) is 12.6 Å². The summed E-state index contributed by atoms with van der Waals surface area (Å²) in [6.07, 6.45) is 0.997. The smallest absolute Gasteiger partial charge is 0.310 e. The van der Waals surface area contributed by atoms with E-state index in [4.69, 9.17) is 4.74 Å². The number of carboxylic acid groups (broad SMARTS) is 1. The highest BCUT2D eigenvalue weighted by atomic mass is 16.5. The van der Waals surface area contributed by atoms with Gasteiger partial charge in [-0.2, -0.15) is 0 Å². The van der Waals surface area contributed by atoms with Gasteiger partial charge in [-0.1, -0.05) is 38.1 Å². The van der Waals surface area contributed by atoms with Crippen LogP contribution in [0.1, 0.15) is 25.0 Å². The van der Waals surface area contributed by atoms with E-state index in [1.165, 1.54) is 11.1 Å². The molecule has 0 radical (unpaired) electrons. The van der Waals surface area contributed by atoms with Crippen LogP contribution in [0.4, 0.5) is 0 Å². The Bertz CT molecular complexity index is 461. The van der Waals surface area contributed by atoms with E-state index in [0.717, 1.165) is 19.5 Å². The van der Waals surface area contributed by atoms with Crippen LogP contribution in [0.15, 0.2) is 24.3 Å². The highest BCUT2D eigenvalue weighted by Gasteiger charge is 2.37. The highest BCUT2D eigenvalue weighted by molar-refractivity contribution is 5.71. The van der Waals surface area contributed by atoms with Crippen LogP contribution in [-0.2, 0) is 22.5 Å². The van der Waals surface area contributed by atoms with Gasteiger partial charge in [-0.3, -0.25) is 9.69 Å². The van der Waals surface area contributed by atoms with E-state index in [-0.39, 0.29) is 6.04 Å². The summed E-state index contributed by atoms with van der Waals surface area (Å²) in [5, 5.41) is 9.29. The van der Waals surface area contributed by atoms with Gasteiger partial charge >= 0.3 is 5.97 Å². The van der Waals surface area contributed by atoms with Gasteiger partial charge in [0.25, 0.3) is 0 Å². The third-order valence-corrected chi connectivity index (χ3v) is 4.12. The van der Waals surface area contributed by atoms with Gasteiger partial charge in [0.15, 0.2) is 0 Å². The molecular formula is C16H23NO3. The van der Waals surface area contributed by atoms with Crippen molar-refractivity contribution in [3.05, 3.63) is 35.4 Å². The van der Waals surface area contributed by atoms with Gasteiger partial charge in [-0.05, 0) is 24.1 Å². The van der Waals surface area contributed by atoms with Gasteiger partial charge in [0.1, 0.15) is 0 Å². The van der Waals surface area contributed by atoms with Gasteiger partial charge in [0.2, 0.25) is 0 Å². The van der Waals surface area contributed by atoms with Crippen molar-refractivity contribution in [3.8, 4) is 0 Å². The van der Waals surface area contributed by atoms with Crippen LogP contribution in [0.25, 0.3) is 0 Å². The van der Waals surface area contributed by atoms with Crippen molar-refractivity contribution in [1.29, 1.82) is 0 Å². The molecule has 2 atom stereocenters. The van der Waals surface area contributed by atoms with Gasteiger partial charge in [-0.15, -0.1) is 0 Å². The molecule has 2 unspecified atom stereocenters. The summed E-state index contributed by atoms with van der Waals surface area (Å²) in [7, 11) is 0.